The van der Waals surface area contributed by atoms with Crippen LogP contribution in [0, 0.1) is 0 Å². The number of nitrogens with one attached hydrogen (secondary N) is 2. The van der Waals surface area contributed by atoms with E-state index in [1.54, 1.807) is 6.26 Å². The lowest BCUT2D eigenvalue weighted by Gasteiger charge is -2.11. The second-order valence-electron chi connectivity index (χ2n) is 3.51. The van der Waals surface area contributed by atoms with Gasteiger partial charge in [0.2, 0.25) is 5.91 Å². The van der Waals surface area contributed by atoms with E-state index < -0.39 is 0 Å². The first-order valence-corrected chi connectivity index (χ1v) is 5.21. The van der Waals surface area contributed by atoms with Crippen LogP contribution in [-0.2, 0) is 4.79 Å². The summed E-state index contributed by atoms with van der Waals surface area (Å²) in [5, 5.41) is 5.89. The first-order chi connectivity index (χ1) is 7.24. The van der Waals surface area contributed by atoms with Gasteiger partial charge >= 0.3 is 0 Å². The largest absolute Gasteiger partial charge is 0.467 e. The Morgan fingerprint density at radius 2 is 2.40 bits per heavy atom. The summed E-state index contributed by atoms with van der Waals surface area (Å²) < 4.78 is 5.19. The Labute approximate surface area is 90.0 Å². The van der Waals surface area contributed by atoms with E-state index in [0.29, 0.717) is 6.42 Å². The lowest BCUT2D eigenvalue weighted by molar-refractivity contribution is -0.121. The van der Waals surface area contributed by atoms with Crippen molar-refractivity contribution in [2.45, 2.75) is 25.8 Å². The van der Waals surface area contributed by atoms with Gasteiger partial charge in [-0.05, 0) is 39.1 Å². The number of hydrogen-bond acceptors (Lipinski definition) is 3. The number of carbonyl (C=O) groups is 1. The molecule has 0 unspecified atom stereocenters. The molecule has 0 fully saturated rings. The van der Waals surface area contributed by atoms with E-state index in [4.69, 9.17) is 4.42 Å². The Hall–Kier alpha value is -1.29. The van der Waals surface area contributed by atoms with Crippen LogP contribution in [0.3, 0.4) is 0 Å². The van der Waals surface area contributed by atoms with E-state index >= 15 is 0 Å². The summed E-state index contributed by atoms with van der Waals surface area (Å²) in [5.41, 5.74) is 0. The van der Waals surface area contributed by atoms with E-state index in [0.717, 1.165) is 18.7 Å². The van der Waals surface area contributed by atoms with Crippen molar-refractivity contribution in [2.75, 3.05) is 13.6 Å². The van der Waals surface area contributed by atoms with E-state index in [-0.39, 0.29) is 11.9 Å². The summed E-state index contributed by atoms with van der Waals surface area (Å²) in [6.07, 6.45) is 3.01. The molecule has 84 valence electrons. The fourth-order valence-electron chi connectivity index (χ4n) is 1.35. The molecule has 1 heterocycles. The number of hydrogen-bond donors (Lipinski definition) is 2. The predicted molar refractivity (Wildman–Crippen MR) is 58.4 cm³/mol. The van der Waals surface area contributed by atoms with Crippen molar-refractivity contribution >= 4 is 5.91 Å². The predicted octanol–water partition coefficient (Wildman–Crippen LogP) is 1.46. The molecule has 0 aromatic carbocycles. The molecule has 0 aliphatic carbocycles. The molecule has 1 aromatic heterocycles. The van der Waals surface area contributed by atoms with Crippen molar-refractivity contribution in [3.05, 3.63) is 24.2 Å². The first kappa shape index (κ1) is 11.8. The average molecular weight is 210 g/mol. The van der Waals surface area contributed by atoms with Gasteiger partial charge in [0.15, 0.2) is 0 Å². The maximum absolute atomic E-state index is 11.4. The minimum atomic E-state index is -0.0536. The zero-order chi connectivity index (χ0) is 11.1. The second kappa shape index (κ2) is 6.24. The summed E-state index contributed by atoms with van der Waals surface area (Å²) in [5.74, 6) is 0.853. The molecule has 2 N–H and O–H groups in total. The van der Waals surface area contributed by atoms with Gasteiger partial charge < -0.3 is 15.1 Å². The topological polar surface area (TPSA) is 54.3 Å². The van der Waals surface area contributed by atoms with Crippen molar-refractivity contribution in [1.29, 1.82) is 0 Å². The van der Waals surface area contributed by atoms with Crippen LogP contribution in [0.1, 0.15) is 31.6 Å². The highest BCUT2D eigenvalue weighted by molar-refractivity contribution is 5.76. The zero-order valence-electron chi connectivity index (χ0n) is 9.25. The van der Waals surface area contributed by atoms with Crippen LogP contribution in [0.2, 0.25) is 0 Å². The minimum Gasteiger partial charge on any atom is -0.467 e. The van der Waals surface area contributed by atoms with Gasteiger partial charge in [-0.15, -0.1) is 0 Å². The highest BCUT2D eigenvalue weighted by Crippen LogP contribution is 2.12. The Morgan fingerprint density at radius 1 is 1.60 bits per heavy atom. The van der Waals surface area contributed by atoms with Crippen LogP contribution in [-0.4, -0.2) is 19.5 Å². The van der Waals surface area contributed by atoms with Crippen molar-refractivity contribution in [1.82, 2.24) is 10.6 Å². The Bertz CT molecular complexity index is 283. The molecule has 0 saturated carbocycles. The molecule has 0 saturated heterocycles. The summed E-state index contributed by atoms with van der Waals surface area (Å²) in [7, 11) is 1.88. The molecule has 1 atom stereocenters. The van der Waals surface area contributed by atoms with Crippen molar-refractivity contribution in [3.8, 4) is 0 Å². The molecule has 1 rings (SSSR count). The van der Waals surface area contributed by atoms with Gasteiger partial charge in [0.1, 0.15) is 5.76 Å². The SMILES string of the molecule is CNCCCC(=O)N[C@@H](C)c1ccco1. The third-order valence-corrected chi connectivity index (χ3v) is 2.18. The van der Waals surface area contributed by atoms with Gasteiger partial charge in [0.05, 0.1) is 12.3 Å². The van der Waals surface area contributed by atoms with Crippen LogP contribution in [0.5, 0.6) is 0 Å². The summed E-state index contributed by atoms with van der Waals surface area (Å²) in [6, 6.07) is 3.62. The lowest BCUT2D eigenvalue weighted by Crippen LogP contribution is -2.26. The van der Waals surface area contributed by atoms with Gasteiger partial charge in [-0.2, -0.15) is 0 Å². The second-order valence-corrected chi connectivity index (χ2v) is 3.51. The number of rotatable bonds is 6. The van der Waals surface area contributed by atoms with E-state index in [1.165, 1.54) is 0 Å². The molecule has 1 amide bonds. The average Bonchev–Trinajstić information content (AvgIpc) is 2.70. The molecule has 4 heteroatoms. The van der Waals surface area contributed by atoms with Gasteiger partial charge in [-0.25, -0.2) is 0 Å². The van der Waals surface area contributed by atoms with Gasteiger partial charge in [0.25, 0.3) is 0 Å². The van der Waals surface area contributed by atoms with E-state index in [2.05, 4.69) is 10.6 Å². The lowest BCUT2D eigenvalue weighted by atomic mass is 10.2. The zero-order valence-corrected chi connectivity index (χ0v) is 9.25. The standard InChI is InChI=1S/C11H18N2O2/c1-9(10-5-4-8-15-10)13-11(14)6-3-7-12-2/h4-5,8-9,12H,3,6-7H2,1-2H3,(H,13,14)/t9-/m0/s1. The maximum Gasteiger partial charge on any atom is 0.220 e. The quantitative estimate of drug-likeness (QED) is 0.699. The van der Waals surface area contributed by atoms with Crippen LogP contribution in [0.25, 0.3) is 0 Å². The number of amides is 1. The Morgan fingerprint density at radius 3 is 3.00 bits per heavy atom. The molecular formula is C11H18N2O2. The normalized spacial score (nSPS) is 12.4. The van der Waals surface area contributed by atoms with Crippen molar-refractivity contribution in [3.63, 3.8) is 0 Å². The van der Waals surface area contributed by atoms with E-state index in [9.17, 15) is 4.79 Å². The molecule has 0 aliphatic rings. The smallest absolute Gasteiger partial charge is 0.220 e. The monoisotopic (exact) mass is 210 g/mol. The maximum atomic E-state index is 11.4. The Balaban J connectivity index is 2.26. The summed E-state index contributed by atoms with van der Waals surface area (Å²) >= 11 is 0. The minimum absolute atomic E-state index is 0.0536. The van der Waals surface area contributed by atoms with E-state index in [1.807, 2.05) is 26.1 Å². The number of carbonyl (C=O) groups excluding carboxylic acids is 1. The van der Waals surface area contributed by atoms with Crippen LogP contribution < -0.4 is 10.6 Å². The molecule has 0 spiro atoms. The van der Waals surface area contributed by atoms with Gasteiger partial charge in [-0.3, -0.25) is 4.79 Å². The third-order valence-electron chi connectivity index (χ3n) is 2.18. The van der Waals surface area contributed by atoms with Crippen LogP contribution in [0.15, 0.2) is 22.8 Å². The summed E-state index contributed by atoms with van der Waals surface area (Å²) in [4.78, 5) is 11.4. The van der Waals surface area contributed by atoms with Crippen molar-refractivity contribution < 1.29 is 9.21 Å². The molecule has 4 nitrogen and oxygen atoms in total. The molecule has 15 heavy (non-hydrogen) atoms. The van der Waals surface area contributed by atoms with Crippen LogP contribution in [0.4, 0.5) is 0 Å². The van der Waals surface area contributed by atoms with Gasteiger partial charge in [0, 0.05) is 6.42 Å². The molecule has 0 aliphatic heterocycles. The highest BCUT2D eigenvalue weighted by Gasteiger charge is 2.10. The third kappa shape index (κ3) is 4.16. The highest BCUT2D eigenvalue weighted by atomic mass is 16.3. The molecular weight excluding hydrogens is 192 g/mol. The molecule has 0 bridgehead atoms. The molecule has 0 radical (unpaired) electrons. The fourth-order valence-corrected chi connectivity index (χ4v) is 1.35. The number of furan rings is 1. The fraction of sp³-hybridized carbons (Fsp3) is 0.545. The van der Waals surface area contributed by atoms with Crippen LogP contribution >= 0.6 is 0 Å². The Kier molecular flexibility index (Phi) is 4.90. The van der Waals surface area contributed by atoms with Crippen molar-refractivity contribution in [2.24, 2.45) is 0 Å². The van der Waals surface area contributed by atoms with Gasteiger partial charge in [-0.1, -0.05) is 0 Å². The first-order valence-electron chi connectivity index (χ1n) is 5.21. The molecule has 1 aromatic rings. The summed E-state index contributed by atoms with van der Waals surface area (Å²) in [6.45, 7) is 2.78.